The second-order valence-corrected chi connectivity index (χ2v) is 5.72. The average molecular weight is 271 g/mol. The lowest BCUT2D eigenvalue weighted by atomic mass is 9.98. The van der Waals surface area contributed by atoms with Crippen LogP contribution in [0.5, 0.6) is 0 Å². The van der Waals surface area contributed by atoms with Crippen molar-refractivity contribution in [1.29, 1.82) is 0 Å². The molecule has 2 N–H and O–H groups in total. The van der Waals surface area contributed by atoms with Crippen molar-refractivity contribution in [3.63, 3.8) is 0 Å². The summed E-state index contributed by atoms with van der Waals surface area (Å²) < 4.78 is 0. The number of carbonyl (C=O) groups excluding carboxylic acids is 2. The Morgan fingerprint density at radius 3 is 1.95 bits per heavy atom. The molecule has 5 nitrogen and oxygen atoms in total. The first-order chi connectivity index (χ1) is 8.76. The smallest absolute Gasteiger partial charge is 0.242 e. The van der Waals surface area contributed by atoms with Crippen LogP contribution in [0.4, 0.5) is 0 Å². The molecule has 0 aliphatic carbocycles. The summed E-state index contributed by atoms with van der Waals surface area (Å²) >= 11 is 0. The summed E-state index contributed by atoms with van der Waals surface area (Å²) in [6, 6.07) is -0.670. The highest BCUT2D eigenvalue weighted by molar-refractivity contribution is 5.89. The summed E-state index contributed by atoms with van der Waals surface area (Å²) in [6.07, 6.45) is 0.663. The van der Waals surface area contributed by atoms with E-state index in [2.05, 4.69) is 10.6 Å². The summed E-state index contributed by atoms with van der Waals surface area (Å²) in [5, 5.41) is 5.66. The van der Waals surface area contributed by atoms with Crippen LogP contribution in [-0.4, -0.2) is 49.9 Å². The van der Waals surface area contributed by atoms with E-state index in [4.69, 9.17) is 0 Å². The molecule has 5 heteroatoms. The third kappa shape index (κ3) is 5.19. The average Bonchev–Trinajstić information content (AvgIpc) is 2.34. The Bertz CT molecular complexity index is 303. The molecule has 0 heterocycles. The van der Waals surface area contributed by atoms with Crippen LogP contribution >= 0.6 is 0 Å². The van der Waals surface area contributed by atoms with E-state index >= 15 is 0 Å². The Hall–Kier alpha value is -1.10. The maximum Gasteiger partial charge on any atom is 0.242 e. The topological polar surface area (TPSA) is 61.4 Å². The molecule has 0 aliphatic rings. The van der Waals surface area contributed by atoms with Crippen LogP contribution in [0.15, 0.2) is 0 Å². The molecule has 19 heavy (non-hydrogen) atoms. The molecule has 0 aromatic rings. The third-order valence-electron chi connectivity index (χ3n) is 3.30. The van der Waals surface area contributed by atoms with Gasteiger partial charge in [-0.3, -0.25) is 9.59 Å². The maximum absolute atomic E-state index is 12.4. The van der Waals surface area contributed by atoms with Crippen LogP contribution in [0.3, 0.4) is 0 Å². The van der Waals surface area contributed by atoms with Gasteiger partial charge in [-0.05, 0) is 25.3 Å². The first-order valence-corrected chi connectivity index (χ1v) is 6.91. The first kappa shape index (κ1) is 17.9. The van der Waals surface area contributed by atoms with E-state index in [1.54, 1.807) is 26.0 Å². The Kier molecular flexibility index (Phi) is 7.68. The molecular weight excluding hydrogens is 242 g/mol. The van der Waals surface area contributed by atoms with Crippen molar-refractivity contribution >= 4 is 11.8 Å². The number of carbonyl (C=O) groups is 2. The molecule has 0 aromatic heterocycles. The van der Waals surface area contributed by atoms with Gasteiger partial charge in [0.2, 0.25) is 11.8 Å². The molecule has 0 rings (SSSR count). The van der Waals surface area contributed by atoms with E-state index < -0.39 is 6.04 Å². The van der Waals surface area contributed by atoms with Crippen LogP contribution in [0.25, 0.3) is 0 Å². The van der Waals surface area contributed by atoms with Crippen LogP contribution in [0.1, 0.15) is 34.1 Å². The van der Waals surface area contributed by atoms with Crippen LogP contribution in [0, 0.1) is 11.8 Å². The van der Waals surface area contributed by atoms with Crippen LogP contribution < -0.4 is 10.6 Å². The molecule has 2 atom stereocenters. The van der Waals surface area contributed by atoms with Crippen LogP contribution in [-0.2, 0) is 9.59 Å². The molecule has 1 unspecified atom stereocenters. The zero-order chi connectivity index (χ0) is 15.2. The number of nitrogens with one attached hydrogen (secondary N) is 2. The van der Waals surface area contributed by atoms with Gasteiger partial charge in [-0.2, -0.15) is 0 Å². The summed E-state index contributed by atoms with van der Waals surface area (Å²) in [7, 11) is 5.08. The minimum Gasteiger partial charge on any atom is -0.357 e. The highest BCUT2D eigenvalue weighted by Crippen LogP contribution is 2.14. The molecule has 0 aromatic carbocycles. The zero-order valence-electron chi connectivity index (χ0n) is 13.3. The summed E-state index contributed by atoms with van der Waals surface area (Å²) in [4.78, 5) is 26.0. The van der Waals surface area contributed by atoms with E-state index in [0.29, 0.717) is 12.3 Å². The fourth-order valence-electron chi connectivity index (χ4n) is 2.17. The molecule has 0 aliphatic heterocycles. The van der Waals surface area contributed by atoms with E-state index in [1.807, 2.05) is 27.7 Å². The van der Waals surface area contributed by atoms with Gasteiger partial charge in [-0.15, -0.1) is 0 Å². The summed E-state index contributed by atoms with van der Waals surface area (Å²) in [5.74, 6) is 0.392. The third-order valence-corrected chi connectivity index (χ3v) is 3.30. The van der Waals surface area contributed by atoms with Crippen molar-refractivity contribution in [2.75, 3.05) is 21.1 Å². The van der Waals surface area contributed by atoms with Crippen LogP contribution in [0.2, 0.25) is 0 Å². The first-order valence-electron chi connectivity index (χ1n) is 6.91. The molecule has 0 saturated carbocycles. The van der Waals surface area contributed by atoms with Crippen molar-refractivity contribution < 1.29 is 9.59 Å². The monoisotopic (exact) mass is 271 g/mol. The van der Waals surface area contributed by atoms with Gasteiger partial charge >= 0.3 is 0 Å². The predicted molar refractivity (Wildman–Crippen MR) is 77.8 cm³/mol. The molecular formula is C14H29N3O2. The number of hydrogen-bond donors (Lipinski definition) is 2. The van der Waals surface area contributed by atoms with Gasteiger partial charge in [0.25, 0.3) is 0 Å². The minimum absolute atomic E-state index is 0.0354. The number of likely N-dealkylation sites (N-methyl/N-ethyl adjacent to an activating group) is 3. The molecule has 0 radical (unpaired) electrons. The standard InChI is InChI=1S/C14H29N3O2/c1-9(2)8-11(13(18)16-6)17(7)14(19)12(15-5)10(3)4/h9-12,15H,8H2,1-7H3,(H,16,18)/t11?,12-/m1/s1. The SMILES string of the molecule is CNC(=O)C(CC(C)C)N(C)C(=O)[C@H](NC)C(C)C. The lowest BCUT2D eigenvalue weighted by Crippen LogP contribution is -2.54. The second kappa shape index (κ2) is 8.15. The molecule has 0 saturated heterocycles. The van der Waals surface area contributed by atoms with Crippen molar-refractivity contribution in [3.05, 3.63) is 0 Å². The van der Waals surface area contributed by atoms with E-state index in [-0.39, 0.29) is 23.8 Å². The Morgan fingerprint density at radius 1 is 1.11 bits per heavy atom. The Morgan fingerprint density at radius 2 is 1.63 bits per heavy atom. The predicted octanol–water partition coefficient (Wildman–Crippen LogP) is 0.850. The molecule has 0 spiro atoms. The van der Waals surface area contributed by atoms with Gasteiger partial charge in [0, 0.05) is 14.1 Å². The lowest BCUT2D eigenvalue weighted by Gasteiger charge is -2.32. The second-order valence-electron chi connectivity index (χ2n) is 5.72. The fraction of sp³-hybridized carbons (Fsp3) is 0.857. The molecule has 112 valence electrons. The van der Waals surface area contributed by atoms with Crippen molar-refractivity contribution in [2.45, 2.75) is 46.2 Å². The maximum atomic E-state index is 12.4. The van der Waals surface area contributed by atoms with Gasteiger partial charge in [0.1, 0.15) is 6.04 Å². The number of rotatable bonds is 7. The number of hydrogen-bond acceptors (Lipinski definition) is 3. The normalized spacial score (nSPS) is 14.4. The molecule has 0 bridgehead atoms. The molecule has 0 fully saturated rings. The number of amides is 2. The van der Waals surface area contributed by atoms with E-state index in [9.17, 15) is 9.59 Å². The highest BCUT2D eigenvalue weighted by Gasteiger charge is 2.31. The zero-order valence-corrected chi connectivity index (χ0v) is 13.3. The largest absolute Gasteiger partial charge is 0.357 e. The highest BCUT2D eigenvalue weighted by atomic mass is 16.2. The quantitative estimate of drug-likeness (QED) is 0.721. The molecule has 2 amide bonds. The Labute approximate surface area is 117 Å². The summed E-state index contributed by atoms with van der Waals surface area (Å²) in [5.41, 5.74) is 0. The van der Waals surface area contributed by atoms with Crippen molar-refractivity contribution in [2.24, 2.45) is 11.8 Å². The van der Waals surface area contributed by atoms with Crippen molar-refractivity contribution in [1.82, 2.24) is 15.5 Å². The van der Waals surface area contributed by atoms with Crippen molar-refractivity contribution in [3.8, 4) is 0 Å². The van der Waals surface area contributed by atoms with E-state index in [1.165, 1.54) is 0 Å². The Balaban J connectivity index is 5.01. The van der Waals surface area contributed by atoms with Gasteiger partial charge in [-0.1, -0.05) is 27.7 Å². The van der Waals surface area contributed by atoms with Gasteiger partial charge in [-0.25, -0.2) is 0 Å². The lowest BCUT2D eigenvalue weighted by molar-refractivity contribution is -0.141. The number of nitrogens with zero attached hydrogens (tertiary/aromatic N) is 1. The fourth-order valence-corrected chi connectivity index (χ4v) is 2.17. The van der Waals surface area contributed by atoms with Gasteiger partial charge < -0.3 is 15.5 Å². The van der Waals surface area contributed by atoms with Gasteiger partial charge in [0.15, 0.2) is 0 Å². The van der Waals surface area contributed by atoms with E-state index in [0.717, 1.165) is 0 Å². The summed E-state index contributed by atoms with van der Waals surface area (Å²) in [6.45, 7) is 8.08. The van der Waals surface area contributed by atoms with Gasteiger partial charge in [0.05, 0.1) is 6.04 Å². The minimum atomic E-state index is -0.410.